The second kappa shape index (κ2) is 5.39. The molecule has 7 heavy (non-hydrogen) atoms. The van der Waals surface area contributed by atoms with E-state index in [2.05, 4.69) is 0 Å². The van der Waals surface area contributed by atoms with E-state index < -0.39 is 7.82 Å². The quantitative estimate of drug-likeness (QED) is 0.271. The number of hydrogen-bond acceptors (Lipinski definition) is 4. The van der Waals surface area contributed by atoms with Crippen LogP contribution in [-0.2, 0) is 4.57 Å². The zero-order valence-electron chi connectivity index (χ0n) is 3.79. The Labute approximate surface area is 63.7 Å². The maximum Gasteiger partial charge on any atom is 1.00 e. The van der Waals surface area contributed by atoms with Crippen molar-refractivity contribution >= 4 is 25.4 Å². The average molecular weight is 177 g/mol. The Bertz CT molecular complexity index is 57.8. The van der Waals surface area contributed by atoms with Gasteiger partial charge in [0.2, 0.25) is 0 Å². The third-order valence-corrected chi connectivity index (χ3v) is 0. The molecule has 0 saturated heterocycles. The molecule has 0 N–H and O–H groups in total. The molecule has 4 nitrogen and oxygen atoms in total. The average Bonchev–Trinajstić information content (AvgIpc) is 0.722. The Morgan fingerprint density at radius 2 is 1.14 bits per heavy atom. The normalized spacial score (nSPS) is 8.43. The van der Waals surface area contributed by atoms with Crippen molar-refractivity contribution < 1.29 is 38.1 Å². The van der Waals surface area contributed by atoms with Crippen molar-refractivity contribution in [1.82, 2.24) is 0 Å². The topological polar surface area (TPSA) is 86.2 Å². The van der Waals surface area contributed by atoms with Crippen molar-refractivity contribution in [3.8, 4) is 0 Å². The first-order valence-corrected chi connectivity index (χ1v) is 2.19. The van der Waals surface area contributed by atoms with Crippen LogP contribution >= 0.6 is 7.82 Å². The number of rotatable bonds is 0. The molecule has 0 aromatic heterocycles. The van der Waals surface area contributed by atoms with Crippen molar-refractivity contribution in [2.45, 2.75) is 0 Å². The molecule has 0 bridgehead atoms. The summed E-state index contributed by atoms with van der Waals surface area (Å²) in [5.74, 6) is 0. The van der Waals surface area contributed by atoms with Crippen LogP contribution in [0.2, 0.25) is 0 Å². The Hall–Kier alpha value is 1.25. The fourth-order valence-corrected chi connectivity index (χ4v) is 0. The van der Waals surface area contributed by atoms with E-state index in [0.29, 0.717) is 0 Å². The van der Waals surface area contributed by atoms with Crippen LogP contribution < -0.4 is 33.5 Å². The van der Waals surface area contributed by atoms with Gasteiger partial charge in [0.25, 0.3) is 0 Å². The van der Waals surface area contributed by atoms with E-state index in [9.17, 15) is 0 Å². The molecule has 0 aliphatic rings. The summed E-state index contributed by atoms with van der Waals surface area (Å²) in [6.07, 6.45) is 0. The summed E-state index contributed by atoms with van der Waals surface area (Å²) in [4.78, 5) is 25.6. The minimum Gasteiger partial charge on any atom is 1.00 e. The summed E-state index contributed by atoms with van der Waals surface area (Å²) in [6.45, 7) is 0. The molecule has 7 heteroatoms. The minimum atomic E-state index is -5.39. The Morgan fingerprint density at radius 3 is 1.14 bits per heavy atom. The monoisotopic (exact) mass is 178 g/mol. The van der Waals surface area contributed by atoms with E-state index in [-0.39, 0.29) is 36.5 Å². The molecule has 0 atom stereocenters. The Kier molecular flexibility index (Phi) is 12.1. The molecule has 0 saturated carbocycles. The molecule has 0 unspecified atom stereocenters. The summed E-state index contributed by atoms with van der Waals surface area (Å²) in [7, 11) is -5.39. The zero-order chi connectivity index (χ0) is 4.50. The molecule has 36 valence electrons. The van der Waals surface area contributed by atoms with Gasteiger partial charge in [0.05, 0.1) is 0 Å². The van der Waals surface area contributed by atoms with Gasteiger partial charge < -0.3 is 19.2 Å². The number of hydrogen-bond donors (Lipinski definition) is 0. The van der Waals surface area contributed by atoms with Gasteiger partial charge in [-0.2, -0.15) is 7.82 Å². The summed E-state index contributed by atoms with van der Waals surface area (Å²) < 4.78 is 8.55. The van der Waals surface area contributed by atoms with Gasteiger partial charge in [0.15, 0.2) is 0 Å². The van der Waals surface area contributed by atoms with E-state index in [1.165, 1.54) is 0 Å². The predicted molar refractivity (Wildman–Crippen MR) is 16.2 cm³/mol. The molecule has 0 heterocycles. The van der Waals surface area contributed by atoms with Crippen molar-refractivity contribution in [2.24, 2.45) is 0 Å². The summed E-state index contributed by atoms with van der Waals surface area (Å²) in [5, 5.41) is 0. The van der Waals surface area contributed by atoms with Gasteiger partial charge in [-0.3, -0.25) is 0 Å². The number of phosphoric acid groups is 1. The summed E-state index contributed by atoms with van der Waals surface area (Å²) >= 11 is 0. The van der Waals surface area contributed by atoms with Crippen LogP contribution in [0, 0.1) is 0 Å². The molecule has 0 amide bonds. The zero-order valence-corrected chi connectivity index (χ0v) is 7.65. The van der Waals surface area contributed by atoms with Crippen molar-refractivity contribution in [3.63, 3.8) is 0 Å². The van der Waals surface area contributed by atoms with Gasteiger partial charge in [-0.25, -0.2) is 0 Å². The van der Waals surface area contributed by atoms with Gasteiger partial charge in [0, 0.05) is 0 Å². The van der Waals surface area contributed by atoms with Gasteiger partial charge in [-0.1, -0.05) is 0 Å². The third kappa shape index (κ3) is 128. The van der Waals surface area contributed by atoms with Crippen molar-refractivity contribution in [2.75, 3.05) is 0 Å². The molecule has 0 aliphatic heterocycles. The van der Waals surface area contributed by atoms with E-state index in [4.69, 9.17) is 19.2 Å². The largest absolute Gasteiger partial charge is 1.00 e. The van der Waals surface area contributed by atoms with E-state index >= 15 is 0 Å². The first-order valence-electron chi connectivity index (χ1n) is 0.730. The van der Waals surface area contributed by atoms with Crippen LogP contribution in [-0.4, -0.2) is 17.6 Å². The Balaban J connectivity index is -0.0000000800. The standard InChI is InChI=1S/GeH2.Li.H3O4P/c;;1-5(2,3)4/h1H2;;(H3,1,2,3,4)/q+2;+1;/p-3. The molecule has 0 radical (unpaired) electrons. The van der Waals surface area contributed by atoms with Crippen LogP contribution in [0.25, 0.3) is 0 Å². The van der Waals surface area contributed by atoms with Gasteiger partial charge in [-0.15, -0.1) is 0 Å². The van der Waals surface area contributed by atoms with E-state index in [1.807, 2.05) is 0 Å². The molecule has 0 aliphatic carbocycles. The van der Waals surface area contributed by atoms with Crippen LogP contribution in [0.15, 0.2) is 0 Å². The summed E-state index contributed by atoms with van der Waals surface area (Å²) in [6, 6.07) is 0. The third-order valence-electron chi connectivity index (χ3n) is 0. The second-order valence-corrected chi connectivity index (χ2v) is 1.34. The van der Waals surface area contributed by atoms with Gasteiger partial charge in [0.1, 0.15) is 0 Å². The molecule has 0 rings (SSSR count). The van der Waals surface area contributed by atoms with Crippen LogP contribution in [0.5, 0.6) is 0 Å². The minimum absolute atomic E-state index is 0. The molecule has 0 aromatic rings. The first-order chi connectivity index (χ1) is 2.00. The van der Waals surface area contributed by atoms with Crippen molar-refractivity contribution in [3.05, 3.63) is 0 Å². The molecular weight excluding hydrogens is 175 g/mol. The molecular formula is H2GeLiO4P. The van der Waals surface area contributed by atoms with Crippen LogP contribution in [0.4, 0.5) is 0 Å². The maximum atomic E-state index is 8.55. The van der Waals surface area contributed by atoms with Crippen LogP contribution in [0.1, 0.15) is 0 Å². The molecule has 0 spiro atoms. The maximum absolute atomic E-state index is 8.55. The second-order valence-electron chi connectivity index (χ2n) is 0.447. The Morgan fingerprint density at radius 1 is 1.14 bits per heavy atom. The SMILES string of the molecule is O=P([O-])([O-])[O-].[GeH2+2].[Li+]. The smallest absolute Gasteiger partial charge is 1.00 e. The van der Waals surface area contributed by atoms with Crippen molar-refractivity contribution in [1.29, 1.82) is 0 Å². The van der Waals surface area contributed by atoms with Crippen LogP contribution in [0.3, 0.4) is 0 Å². The molecule has 0 aromatic carbocycles. The summed E-state index contributed by atoms with van der Waals surface area (Å²) in [5.41, 5.74) is 0. The van der Waals surface area contributed by atoms with E-state index in [1.54, 1.807) is 0 Å². The first kappa shape index (κ1) is 15.7. The van der Waals surface area contributed by atoms with Gasteiger partial charge >= 0.3 is 36.5 Å². The molecule has 0 fully saturated rings. The van der Waals surface area contributed by atoms with Gasteiger partial charge in [-0.05, 0) is 0 Å². The van der Waals surface area contributed by atoms with E-state index in [0.717, 1.165) is 0 Å². The fourth-order valence-electron chi connectivity index (χ4n) is 0. The predicted octanol–water partition coefficient (Wildman–Crippen LogP) is -6.74. The fraction of sp³-hybridized carbons (Fsp3) is 0.